The third-order valence-corrected chi connectivity index (χ3v) is 5.18. The Hall–Kier alpha value is -1.40. The van der Waals surface area contributed by atoms with Gasteiger partial charge in [0.15, 0.2) is 0 Å². The smallest absolute Gasteiger partial charge is 0.258 e. The molecule has 112 valence electrons. The summed E-state index contributed by atoms with van der Waals surface area (Å²) >= 11 is 1.54. The van der Waals surface area contributed by atoms with Crippen LogP contribution in [0.4, 0.5) is 4.39 Å². The van der Waals surface area contributed by atoms with Crippen LogP contribution >= 0.6 is 11.8 Å². The van der Waals surface area contributed by atoms with Gasteiger partial charge in [-0.3, -0.25) is 4.79 Å². The highest BCUT2D eigenvalue weighted by Gasteiger charge is 2.27. The molecule has 2 aromatic rings. The molecule has 1 fully saturated rings. The van der Waals surface area contributed by atoms with E-state index in [9.17, 15) is 9.18 Å². The Morgan fingerprint density at radius 3 is 3.10 bits per heavy atom. The molecule has 6 heteroatoms. The number of thioether (sulfide) groups is 1. The van der Waals surface area contributed by atoms with Crippen LogP contribution in [0.5, 0.6) is 0 Å². The van der Waals surface area contributed by atoms with Gasteiger partial charge in [-0.15, -0.1) is 11.8 Å². The van der Waals surface area contributed by atoms with Crippen LogP contribution in [-0.2, 0) is 5.75 Å². The second-order valence-electron chi connectivity index (χ2n) is 5.45. The summed E-state index contributed by atoms with van der Waals surface area (Å²) in [5.74, 6) is 1.16. The first-order valence-corrected chi connectivity index (χ1v) is 8.10. The number of piperidine rings is 1. The Morgan fingerprint density at radius 1 is 1.48 bits per heavy atom. The molecule has 0 bridgehead atoms. The van der Waals surface area contributed by atoms with Crippen molar-refractivity contribution in [1.82, 2.24) is 14.9 Å². The first-order valence-electron chi connectivity index (χ1n) is 7.05. The fraction of sp³-hybridized carbons (Fsp3) is 0.467. The number of alkyl halides is 1. The van der Waals surface area contributed by atoms with Crippen molar-refractivity contribution in [2.75, 3.05) is 20.1 Å². The Bertz CT molecular complexity index is 690. The van der Waals surface area contributed by atoms with E-state index in [1.807, 2.05) is 30.1 Å². The van der Waals surface area contributed by atoms with Gasteiger partial charge in [0.2, 0.25) is 0 Å². The van der Waals surface area contributed by atoms with Crippen LogP contribution in [0.2, 0.25) is 0 Å². The van der Waals surface area contributed by atoms with E-state index in [1.165, 1.54) is 0 Å². The zero-order chi connectivity index (χ0) is 14.8. The van der Waals surface area contributed by atoms with Crippen LogP contribution in [0.3, 0.4) is 0 Å². The Kier molecular flexibility index (Phi) is 4.26. The van der Waals surface area contributed by atoms with E-state index in [-0.39, 0.29) is 10.8 Å². The maximum Gasteiger partial charge on any atom is 0.258 e. The summed E-state index contributed by atoms with van der Waals surface area (Å²) in [5, 5.41) is 0.576. The molecule has 1 aliphatic heterocycles. The Morgan fingerprint density at radius 2 is 2.29 bits per heavy atom. The minimum atomic E-state index is -0.819. The first-order chi connectivity index (χ1) is 10.1. The quantitative estimate of drug-likeness (QED) is 0.944. The van der Waals surface area contributed by atoms with Gasteiger partial charge in [0.1, 0.15) is 12.0 Å². The van der Waals surface area contributed by atoms with E-state index in [1.54, 1.807) is 17.8 Å². The molecule has 0 unspecified atom stereocenters. The SMILES string of the molecule is CN1CC[C@H](SCc2nc3ccccc3c(=O)[nH]2)[C@H](F)C1. The summed E-state index contributed by atoms with van der Waals surface area (Å²) < 4.78 is 14.0. The van der Waals surface area contributed by atoms with Crippen LogP contribution in [0.25, 0.3) is 10.9 Å². The van der Waals surface area contributed by atoms with E-state index < -0.39 is 6.17 Å². The van der Waals surface area contributed by atoms with Gasteiger partial charge in [0.05, 0.1) is 16.7 Å². The lowest BCUT2D eigenvalue weighted by Gasteiger charge is -2.31. The number of hydrogen-bond acceptors (Lipinski definition) is 4. The largest absolute Gasteiger partial charge is 0.309 e. The zero-order valence-corrected chi connectivity index (χ0v) is 12.7. The number of rotatable bonds is 3. The fourth-order valence-corrected chi connectivity index (χ4v) is 3.69. The van der Waals surface area contributed by atoms with Gasteiger partial charge in [-0.25, -0.2) is 9.37 Å². The Balaban J connectivity index is 1.72. The fourth-order valence-electron chi connectivity index (χ4n) is 2.61. The molecule has 3 rings (SSSR count). The molecule has 1 N–H and O–H groups in total. The lowest BCUT2D eigenvalue weighted by atomic mass is 10.1. The minimum absolute atomic E-state index is 0.0158. The van der Waals surface area contributed by atoms with E-state index in [4.69, 9.17) is 0 Å². The summed E-state index contributed by atoms with van der Waals surface area (Å²) in [7, 11) is 1.94. The highest BCUT2D eigenvalue weighted by atomic mass is 32.2. The molecule has 0 aliphatic carbocycles. The number of benzene rings is 1. The molecule has 2 atom stereocenters. The third-order valence-electron chi connectivity index (χ3n) is 3.78. The number of hydrogen-bond donors (Lipinski definition) is 1. The predicted octanol–water partition coefficient (Wildman–Crippen LogP) is 2.20. The molecular weight excluding hydrogens is 289 g/mol. The molecule has 21 heavy (non-hydrogen) atoms. The number of aromatic amines is 1. The summed E-state index contributed by atoms with van der Waals surface area (Å²) in [4.78, 5) is 21.2. The summed E-state index contributed by atoms with van der Waals surface area (Å²) in [5.41, 5.74) is 0.563. The molecule has 4 nitrogen and oxygen atoms in total. The highest BCUT2D eigenvalue weighted by molar-refractivity contribution is 7.99. The van der Waals surface area contributed by atoms with Crippen LogP contribution in [0, 0.1) is 0 Å². The summed E-state index contributed by atoms with van der Waals surface area (Å²) in [6.07, 6.45) is 0.0149. The molecule has 1 aliphatic rings. The van der Waals surface area contributed by atoms with Crippen LogP contribution < -0.4 is 5.56 Å². The second-order valence-corrected chi connectivity index (χ2v) is 6.67. The second kappa shape index (κ2) is 6.15. The number of nitrogens with one attached hydrogen (secondary N) is 1. The van der Waals surface area contributed by atoms with Crippen LogP contribution in [0.1, 0.15) is 12.2 Å². The van der Waals surface area contributed by atoms with E-state index in [2.05, 4.69) is 9.97 Å². The topological polar surface area (TPSA) is 49.0 Å². The van der Waals surface area contributed by atoms with Crippen molar-refractivity contribution in [2.45, 2.75) is 23.6 Å². The van der Waals surface area contributed by atoms with E-state index in [0.29, 0.717) is 29.0 Å². The standard InChI is InChI=1S/C15H18FN3OS/c1-19-7-6-13(11(16)8-19)21-9-14-17-12-5-3-2-4-10(12)15(20)18-14/h2-5,11,13H,6-9H2,1H3,(H,17,18,20)/t11-,13+/m1/s1. The summed E-state index contributed by atoms with van der Waals surface area (Å²) in [6.45, 7) is 1.40. The summed E-state index contributed by atoms with van der Waals surface area (Å²) in [6, 6.07) is 7.26. The van der Waals surface area contributed by atoms with Gasteiger partial charge in [0.25, 0.3) is 5.56 Å². The maximum atomic E-state index is 14.0. The lowest BCUT2D eigenvalue weighted by molar-refractivity contribution is 0.170. The van der Waals surface area contributed by atoms with Crippen molar-refractivity contribution in [3.05, 3.63) is 40.4 Å². The number of halogens is 1. The number of H-pyrrole nitrogens is 1. The molecule has 0 spiro atoms. The molecule has 2 heterocycles. The highest BCUT2D eigenvalue weighted by Crippen LogP contribution is 2.27. The van der Waals surface area contributed by atoms with Crippen LogP contribution in [-0.4, -0.2) is 46.4 Å². The maximum absolute atomic E-state index is 14.0. The van der Waals surface area contributed by atoms with Gasteiger partial charge >= 0.3 is 0 Å². The van der Waals surface area contributed by atoms with Gasteiger partial charge in [-0.2, -0.15) is 0 Å². The van der Waals surface area contributed by atoms with E-state index >= 15 is 0 Å². The number of aromatic nitrogens is 2. The normalized spacial score (nSPS) is 23.5. The molecule has 0 saturated carbocycles. The van der Waals surface area contributed by atoms with Gasteiger partial charge in [-0.1, -0.05) is 12.1 Å². The average Bonchev–Trinajstić information content (AvgIpc) is 2.46. The van der Waals surface area contributed by atoms with Crippen LogP contribution in [0.15, 0.2) is 29.1 Å². The molecule has 1 aromatic carbocycles. The third kappa shape index (κ3) is 3.27. The number of para-hydroxylation sites is 1. The van der Waals surface area contributed by atoms with Crippen molar-refractivity contribution in [1.29, 1.82) is 0 Å². The van der Waals surface area contributed by atoms with Gasteiger partial charge < -0.3 is 9.88 Å². The van der Waals surface area contributed by atoms with E-state index in [0.717, 1.165) is 13.0 Å². The van der Waals surface area contributed by atoms with Gasteiger partial charge in [-0.05, 0) is 32.1 Å². The average molecular weight is 307 g/mol. The van der Waals surface area contributed by atoms with Crippen molar-refractivity contribution < 1.29 is 4.39 Å². The zero-order valence-electron chi connectivity index (χ0n) is 11.9. The Labute approximate surface area is 126 Å². The molecule has 0 amide bonds. The molecule has 0 radical (unpaired) electrons. The van der Waals surface area contributed by atoms with Crippen molar-refractivity contribution in [3.8, 4) is 0 Å². The predicted molar refractivity (Wildman–Crippen MR) is 84.5 cm³/mol. The van der Waals surface area contributed by atoms with Gasteiger partial charge in [0, 0.05) is 11.8 Å². The van der Waals surface area contributed by atoms with Crippen molar-refractivity contribution in [3.63, 3.8) is 0 Å². The number of fused-ring (bicyclic) bond motifs is 1. The number of likely N-dealkylation sites (tertiary alicyclic amines) is 1. The monoisotopic (exact) mass is 307 g/mol. The number of nitrogens with zero attached hydrogens (tertiary/aromatic N) is 2. The molecule has 1 saturated heterocycles. The van der Waals surface area contributed by atoms with Crippen molar-refractivity contribution >= 4 is 22.7 Å². The molecule has 1 aromatic heterocycles. The first kappa shape index (κ1) is 14.5. The lowest BCUT2D eigenvalue weighted by Crippen LogP contribution is -2.41. The minimum Gasteiger partial charge on any atom is -0.309 e. The van der Waals surface area contributed by atoms with Crippen molar-refractivity contribution in [2.24, 2.45) is 0 Å². The molecular formula is C15H18FN3OS.